The van der Waals surface area contributed by atoms with Crippen LogP contribution in [-0.2, 0) is 19.1 Å². The maximum atomic E-state index is 13.3. The van der Waals surface area contributed by atoms with E-state index >= 15 is 0 Å². The second-order valence-electron chi connectivity index (χ2n) is 8.86. The van der Waals surface area contributed by atoms with Gasteiger partial charge in [0.15, 0.2) is 5.16 Å². The maximum Gasteiger partial charge on any atom is 0.416 e. The molecule has 2 heterocycles. The second kappa shape index (κ2) is 12.0. The zero-order chi connectivity index (χ0) is 26.4. The van der Waals surface area contributed by atoms with Gasteiger partial charge in [-0.05, 0) is 23.3 Å². The minimum atomic E-state index is -4.34. The number of methoxy groups -OCH3 is 1. The summed E-state index contributed by atoms with van der Waals surface area (Å²) in [7, 11) is 1.62. The maximum absolute atomic E-state index is 13.3. The Morgan fingerprint density at radius 2 is 1.49 bits per heavy atom. The Labute approximate surface area is 219 Å². The summed E-state index contributed by atoms with van der Waals surface area (Å²) in [4.78, 5) is 13.3. The number of nitrogens with two attached hydrogens (primary N) is 2. The van der Waals surface area contributed by atoms with E-state index in [0.29, 0.717) is 54.0 Å². The van der Waals surface area contributed by atoms with Gasteiger partial charge in [0.05, 0.1) is 12.7 Å². The average Bonchev–Trinajstić information content (AvgIpc) is 2.87. The topological polar surface area (TPSA) is 93.5 Å². The molecule has 11 heteroatoms. The van der Waals surface area contributed by atoms with Gasteiger partial charge in [0.25, 0.3) is 0 Å². The third-order valence-electron chi connectivity index (χ3n) is 6.43. The fourth-order valence-corrected chi connectivity index (χ4v) is 5.25. The Bertz CT molecular complexity index is 1180. The average molecular weight is 533 g/mol. The number of para-hydroxylation sites is 1. The molecule has 0 bridgehead atoms. The SMILES string of the molecule is COc1ccccc1Cc1c(N)nc(SCCN2CCN(Cc3ccccc3C(F)(F)F)CC2)nc1N. The highest BCUT2D eigenvalue weighted by Crippen LogP contribution is 2.32. The number of benzene rings is 2. The monoisotopic (exact) mass is 532 g/mol. The lowest BCUT2D eigenvalue weighted by Crippen LogP contribution is -2.46. The number of hydrogen-bond donors (Lipinski definition) is 2. The predicted octanol–water partition coefficient (Wildman–Crippen LogP) is 4.17. The molecular formula is C26H31F3N6OS. The van der Waals surface area contributed by atoms with E-state index < -0.39 is 11.7 Å². The first-order valence-electron chi connectivity index (χ1n) is 12.0. The van der Waals surface area contributed by atoms with Gasteiger partial charge in [-0.1, -0.05) is 48.2 Å². The molecule has 1 aliphatic heterocycles. The van der Waals surface area contributed by atoms with Gasteiger partial charge >= 0.3 is 6.18 Å². The number of ether oxygens (including phenoxy) is 1. The fraction of sp³-hybridized carbons (Fsp3) is 0.385. The number of thioether (sulfide) groups is 1. The zero-order valence-electron chi connectivity index (χ0n) is 20.7. The summed E-state index contributed by atoms with van der Waals surface area (Å²) in [5.41, 5.74) is 13.8. The molecule has 0 saturated carbocycles. The normalized spacial score (nSPS) is 15.1. The van der Waals surface area contributed by atoms with Crippen LogP contribution in [-0.4, -0.2) is 65.4 Å². The van der Waals surface area contributed by atoms with Crippen LogP contribution in [0.15, 0.2) is 53.7 Å². The van der Waals surface area contributed by atoms with Crippen molar-refractivity contribution in [2.24, 2.45) is 0 Å². The van der Waals surface area contributed by atoms with Crippen molar-refractivity contribution in [1.29, 1.82) is 0 Å². The number of nitrogen functional groups attached to an aromatic ring is 2. The summed E-state index contributed by atoms with van der Waals surface area (Å²) < 4.78 is 45.3. The first-order valence-corrected chi connectivity index (χ1v) is 13.0. The van der Waals surface area contributed by atoms with Gasteiger partial charge in [-0.3, -0.25) is 9.80 Å². The standard InChI is InChI=1S/C26H31F3N6OS/c1-36-22-9-5-3-6-18(22)16-20-23(30)32-25(33-24(20)31)37-15-14-34-10-12-35(13-11-34)17-19-7-2-4-8-21(19)26(27,28)29/h2-9H,10-17H2,1H3,(H4,30,31,32,33). The smallest absolute Gasteiger partial charge is 0.416 e. The molecule has 0 atom stereocenters. The Morgan fingerprint density at radius 3 is 2.14 bits per heavy atom. The molecule has 1 aromatic heterocycles. The fourth-order valence-electron chi connectivity index (χ4n) is 4.40. The number of anilines is 2. The predicted molar refractivity (Wildman–Crippen MR) is 141 cm³/mol. The van der Waals surface area contributed by atoms with Gasteiger partial charge in [-0.2, -0.15) is 13.2 Å². The number of aromatic nitrogens is 2. The largest absolute Gasteiger partial charge is 0.496 e. The minimum absolute atomic E-state index is 0.297. The molecule has 0 spiro atoms. The molecule has 3 aromatic rings. The van der Waals surface area contributed by atoms with Gasteiger partial charge in [-0.15, -0.1) is 0 Å². The molecule has 1 aliphatic rings. The van der Waals surface area contributed by atoms with E-state index in [1.54, 1.807) is 19.2 Å². The van der Waals surface area contributed by atoms with E-state index in [0.717, 1.165) is 42.8 Å². The molecule has 37 heavy (non-hydrogen) atoms. The van der Waals surface area contributed by atoms with E-state index in [9.17, 15) is 13.2 Å². The summed E-state index contributed by atoms with van der Waals surface area (Å²) in [5, 5.41) is 0.529. The molecule has 4 rings (SSSR count). The number of nitrogens with zero attached hydrogens (tertiary/aromatic N) is 4. The van der Waals surface area contributed by atoms with Crippen LogP contribution in [0.3, 0.4) is 0 Å². The summed E-state index contributed by atoms with van der Waals surface area (Å²) in [6.07, 6.45) is -3.86. The van der Waals surface area contributed by atoms with Crippen molar-refractivity contribution in [3.05, 3.63) is 70.8 Å². The first kappa shape index (κ1) is 27.0. The van der Waals surface area contributed by atoms with E-state index in [2.05, 4.69) is 19.8 Å². The molecule has 2 aromatic carbocycles. The molecule has 198 valence electrons. The highest BCUT2D eigenvalue weighted by Gasteiger charge is 2.33. The number of hydrogen-bond acceptors (Lipinski definition) is 8. The van der Waals surface area contributed by atoms with Crippen LogP contribution in [0.2, 0.25) is 0 Å². The molecule has 1 saturated heterocycles. The summed E-state index contributed by atoms with van der Waals surface area (Å²) >= 11 is 1.49. The number of alkyl halides is 3. The summed E-state index contributed by atoms with van der Waals surface area (Å²) in [6, 6.07) is 13.5. The molecule has 4 N–H and O–H groups in total. The minimum Gasteiger partial charge on any atom is -0.496 e. The zero-order valence-corrected chi connectivity index (χ0v) is 21.5. The number of piperazine rings is 1. The molecule has 0 aliphatic carbocycles. The van der Waals surface area contributed by atoms with Crippen molar-refractivity contribution < 1.29 is 17.9 Å². The van der Waals surface area contributed by atoms with Crippen LogP contribution < -0.4 is 16.2 Å². The third-order valence-corrected chi connectivity index (χ3v) is 7.26. The summed E-state index contributed by atoms with van der Waals surface area (Å²) in [5.74, 6) is 2.22. The molecular weight excluding hydrogens is 501 g/mol. The van der Waals surface area contributed by atoms with Crippen molar-refractivity contribution in [3.63, 3.8) is 0 Å². The van der Waals surface area contributed by atoms with Crippen LogP contribution in [0.4, 0.5) is 24.8 Å². The molecule has 1 fully saturated rings. The lowest BCUT2D eigenvalue weighted by atomic mass is 10.1. The van der Waals surface area contributed by atoms with Crippen LogP contribution in [0.25, 0.3) is 0 Å². The van der Waals surface area contributed by atoms with E-state index in [1.807, 2.05) is 24.3 Å². The van der Waals surface area contributed by atoms with Gasteiger partial charge in [0.2, 0.25) is 0 Å². The highest BCUT2D eigenvalue weighted by atomic mass is 32.2. The highest BCUT2D eigenvalue weighted by molar-refractivity contribution is 7.99. The van der Waals surface area contributed by atoms with Crippen LogP contribution >= 0.6 is 11.8 Å². The van der Waals surface area contributed by atoms with Gasteiger partial charge in [-0.25, -0.2) is 9.97 Å². The van der Waals surface area contributed by atoms with Crippen LogP contribution in [0.1, 0.15) is 22.3 Å². The van der Waals surface area contributed by atoms with E-state index in [-0.39, 0.29) is 0 Å². The van der Waals surface area contributed by atoms with Crippen molar-refractivity contribution in [2.45, 2.75) is 24.3 Å². The van der Waals surface area contributed by atoms with Crippen LogP contribution in [0, 0.1) is 0 Å². The molecule has 0 unspecified atom stereocenters. The lowest BCUT2D eigenvalue weighted by Gasteiger charge is -2.35. The number of rotatable bonds is 9. The first-order chi connectivity index (χ1) is 17.7. The number of halogens is 3. The molecule has 0 radical (unpaired) electrons. The van der Waals surface area contributed by atoms with Gasteiger partial charge in [0, 0.05) is 57.0 Å². The van der Waals surface area contributed by atoms with Crippen molar-refractivity contribution >= 4 is 23.4 Å². The van der Waals surface area contributed by atoms with E-state index in [4.69, 9.17) is 16.2 Å². The quantitative estimate of drug-likeness (QED) is 0.313. The van der Waals surface area contributed by atoms with Crippen molar-refractivity contribution in [3.8, 4) is 5.75 Å². The Hall–Kier alpha value is -3.02. The third kappa shape index (κ3) is 7.06. The molecule has 0 amide bonds. The Kier molecular flexibility index (Phi) is 8.78. The van der Waals surface area contributed by atoms with Crippen molar-refractivity contribution in [2.75, 3.05) is 57.1 Å². The van der Waals surface area contributed by atoms with Gasteiger partial charge in [0.1, 0.15) is 17.4 Å². The molecule has 7 nitrogen and oxygen atoms in total. The Morgan fingerprint density at radius 1 is 0.892 bits per heavy atom. The van der Waals surface area contributed by atoms with E-state index in [1.165, 1.54) is 17.8 Å². The summed E-state index contributed by atoms with van der Waals surface area (Å²) in [6.45, 7) is 4.11. The van der Waals surface area contributed by atoms with Crippen LogP contribution in [0.5, 0.6) is 5.75 Å². The van der Waals surface area contributed by atoms with Crippen molar-refractivity contribution in [1.82, 2.24) is 19.8 Å². The Balaban J connectivity index is 1.26. The van der Waals surface area contributed by atoms with Gasteiger partial charge < -0.3 is 16.2 Å². The lowest BCUT2D eigenvalue weighted by molar-refractivity contribution is -0.138. The second-order valence-corrected chi connectivity index (χ2v) is 9.93.